The van der Waals surface area contributed by atoms with E-state index >= 15 is 0 Å². The first-order valence-corrected chi connectivity index (χ1v) is 10.4. The van der Waals surface area contributed by atoms with E-state index < -0.39 is 28.4 Å². The van der Waals surface area contributed by atoms with Gasteiger partial charge in [0.25, 0.3) is 5.69 Å². The highest BCUT2D eigenvalue weighted by molar-refractivity contribution is 5.80. The second-order valence-corrected chi connectivity index (χ2v) is 7.73. The molecule has 2 fully saturated rings. The maximum Gasteiger partial charge on any atom is 0.416 e. The van der Waals surface area contributed by atoms with Crippen LogP contribution in [0.5, 0.6) is 0 Å². The lowest BCUT2D eigenvalue weighted by Crippen LogP contribution is -2.53. The maximum atomic E-state index is 12.9. The third kappa shape index (κ3) is 5.22. The van der Waals surface area contributed by atoms with Gasteiger partial charge in [0, 0.05) is 51.3 Å². The van der Waals surface area contributed by atoms with E-state index in [4.69, 9.17) is 4.74 Å². The number of ether oxygens (including phenoxy) is 1. The zero-order chi connectivity index (χ0) is 23.5. The molecular weight excluding hydrogens is 433 g/mol. The summed E-state index contributed by atoms with van der Waals surface area (Å²) >= 11 is 0. The van der Waals surface area contributed by atoms with Gasteiger partial charge in [-0.3, -0.25) is 14.9 Å². The fourth-order valence-corrected chi connectivity index (χ4v) is 4.06. The summed E-state index contributed by atoms with van der Waals surface area (Å²) < 4.78 is 43.7. The van der Waals surface area contributed by atoms with Crippen molar-refractivity contribution in [2.45, 2.75) is 25.9 Å². The Balaban J connectivity index is 1.59. The standard InChI is InChI=1S/C20H25F3N4O5/c1-2-32-19(29)26-11-9-25(10-12-26)18(28)14-5-7-24(8-6-14)16-4-3-15(20(21,22)23)13-17(16)27(30)31/h3-4,13-14H,2,5-12H2,1H3. The zero-order valence-electron chi connectivity index (χ0n) is 17.6. The van der Waals surface area contributed by atoms with Gasteiger partial charge in [0.05, 0.1) is 17.1 Å². The third-order valence-corrected chi connectivity index (χ3v) is 5.80. The largest absolute Gasteiger partial charge is 0.450 e. The van der Waals surface area contributed by atoms with Crippen LogP contribution in [0.4, 0.5) is 29.3 Å². The summed E-state index contributed by atoms with van der Waals surface area (Å²) in [4.78, 5) is 40.1. The van der Waals surface area contributed by atoms with Crippen molar-refractivity contribution in [3.63, 3.8) is 0 Å². The molecule has 1 aromatic carbocycles. The number of nitro benzene ring substituents is 1. The fraction of sp³-hybridized carbons (Fsp3) is 0.600. The SMILES string of the molecule is CCOC(=O)N1CCN(C(=O)C2CCN(c3ccc(C(F)(F)F)cc3[N+](=O)[O-])CC2)CC1. The number of piperidine rings is 1. The van der Waals surface area contributed by atoms with Crippen LogP contribution in [-0.2, 0) is 15.7 Å². The molecule has 0 atom stereocenters. The topological polar surface area (TPSA) is 96.2 Å². The van der Waals surface area contributed by atoms with Gasteiger partial charge in [-0.15, -0.1) is 0 Å². The lowest BCUT2D eigenvalue weighted by molar-refractivity contribution is -0.384. The van der Waals surface area contributed by atoms with Gasteiger partial charge < -0.3 is 19.4 Å². The van der Waals surface area contributed by atoms with Crippen LogP contribution in [0.1, 0.15) is 25.3 Å². The summed E-state index contributed by atoms with van der Waals surface area (Å²) in [5.74, 6) is -0.302. The minimum absolute atomic E-state index is 0.0323. The number of hydrogen-bond donors (Lipinski definition) is 0. The second-order valence-electron chi connectivity index (χ2n) is 7.73. The highest BCUT2D eigenvalue weighted by Gasteiger charge is 2.36. The van der Waals surface area contributed by atoms with E-state index in [1.807, 2.05) is 0 Å². The minimum Gasteiger partial charge on any atom is -0.450 e. The first-order chi connectivity index (χ1) is 15.1. The Hall–Kier alpha value is -3.05. The van der Waals surface area contributed by atoms with E-state index in [-0.39, 0.29) is 24.1 Å². The molecule has 2 aliphatic heterocycles. The lowest BCUT2D eigenvalue weighted by Gasteiger charge is -2.38. The molecule has 0 bridgehead atoms. The maximum absolute atomic E-state index is 12.9. The highest BCUT2D eigenvalue weighted by Crippen LogP contribution is 2.37. The van der Waals surface area contributed by atoms with Crippen LogP contribution in [0.15, 0.2) is 18.2 Å². The Labute approximate surface area is 182 Å². The zero-order valence-corrected chi connectivity index (χ0v) is 17.6. The number of halogens is 3. The average molecular weight is 458 g/mol. The van der Waals surface area contributed by atoms with Crippen LogP contribution >= 0.6 is 0 Å². The van der Waals surface area contributed by atoms with Crippen molar-refractivity contribution in [3.8, 4) is 0 Å². The number of alkyl halides is 3. The van der Waals surface area contributed by atoms with Crippen LogP contribution in [0.3, 0.4) is 0 Å². The Morgan fingerprint density at radius 1 is 1.09 bits per heavy atom. The number of rotatable bonds is 4. The molecule has 2 aliphatic rings. The van der Waals surface area contributed by atoms with Crippen LogP contribution in [0.2, 0.25) is 0 Å². The van der Waals surface area contributed by atoms with E-state index in [9.17, 15) is 32.9 Å². The van der Waals surface area contributed by atoms with Crippen LogP contribution in [0.25, 0.3) is 0 Å². The van der Waals surface area contributed by atoms with Crippen molar-refractivity contribution in [2.75, 3.05) is 50.8 Å². The van der Waals surface area contributed by atoms with E-state index in [1.165, 1.54) is 0 Å². The molecule has 12 heteroatoms. The van der Waals surface area contributed by atoms with Crippen molar-refractivity contribution in [3.05, 3.63) is 33.9 Å². The molecule has 1 aromatic rings. The molecule has 3 rings (SSSR count). The molecule has 0 unspecified atom stereocenters. The number of nitro groups is 1. The predicted octanol–water partition coefficient (Wildman–Crippen LogP) is 3.13. The van der Waals surface area contributed by atoms with Gasteiger partial charge in [-0.25, -0.2) is 4.79 Å². The summed E-state index contributed by atoms with van der Waals surface area (Å²) in [5.41, 5.74) is -1.54. The molecule has 0 aromatic heterocycles. The quantitative estimate of drug-likeness (QED) is 0.508. The first kappa shape index (κ1) is 23.6. The Morgan fingerprint density at radius 2 is 1.69 bits per heavy atom. The molecule has 0 aliphatic carbocycles. The number of anilines is 1. The van der Waals surface area contributed by atoms with Gasteiger partial charge in [0.15, 0.2) is 0 Å². The van der Waals surface area contributed by atoms with Gasteiger partial charge in [-0.1, -0.05) is 0 Å². The number of nitrogens with zero attached hydrogens (tertiary/aromatic N) is 4. The van der Waals surface area contributed by atoms with Gasteiger partial charge in [-0.2, -0.15) is 13.2 Å². The third-order valence-electron chi connectivity index (χ3n) is 5.80. The molecule has 0 radical (unpaired) electrons. The van der Waals surface area contributed by atoms with Gasteiger partial charge >= 0.3 is 12.3 Å². The Kier molecular flexibility index (Phi) is 7.09. The summed E-state index contributed by atoms with van der Waals surface area (Å²) in [6.45, 7) is 4.25. The first-order valence-electron chi connectivity index (χ1n) is 10.4. The van der Waals surface area contributed by atoms with Crippen molar-refractivity contribution >= 4 is 23.4 Å². The summed E-state index contributed by atoms with van der Waals surface area (Å²) in [6, 6.07) is 2.51. The molecule has 32 heavy (non-hydrogen) atoms. The Morgan fingerprint density at radius 3 is 2.22 bits per heavy atom. The van der Waals surface area contributed by atoms with E-state index in [2.05, 4.69) is 0 Å². The van der Waals surface area contributed by atoms with Crippen molar-refractivity contribution in [1.29, 1.82) is 0 Å². The fourth-order valence-electron chi connectivity index (χ4n) is 4.06. The number of benzene rings is 1. The predicted molar refractivity (Wildman–Crippen MR) is 108 cm³/mol. The molecule has 9 nitrogen and oxygen atoms in total. The Bertz CT molecular complexity index is 863. The molecule has 0 saturated carbocycles. The molecule has 2 amide bonds. The summed E-state index contributed by atoms with van der Waals surface area (Å²) in [7, 11) is 0. The summed E-state index contributed by atoms with van der Waals surface area (Å²) in [6.07, 6.45) is -4.18. The lowest BCUT2D eigenvalue weighted by atomic mass is 9.94. The van der Waals surface area contributed by atoms with Gasteiger partial charge in [0.1, 0.15) is 5.69 Å². The van der Waals surface area contributed by atoms with Crippen LogP contribution < -0.4 is 4.90 Å². The smallest absolute Gasteiger partial charge is 0.416 e. The molecule has 176 valence electrons. The van der Waals surface area contributed by atoms with Crippen molar-refractivity contribution < 1.29 is 32.4 Å². The van der Waals surface area contributed by atoms with Crippen molar-refractivity contribution in [1.82, 2.24) is 9.80 Å². The number of hydrogen-bond acceptors (Lipinski definition) is 6. The van der Waals surface area contributed by atoms with E-state index in [0.717, 1.165) is 12.1 Å². The van der Waals surface area contributed by atoms with Crippen LogP contribution in [-0.4, -0.2) is 72.6 Å². The van der Waals surface area contributed by atoms with Crippen molar-refractivity contribution in [2.24, 2.45) is 5.92 Å². The van der Waals surface area contributed by atoms with E-state index in [0.29, 0.717) is 58.2 Å². The summed E-state index contributed by atoms with van der Waals surface area (Å²) in [5, 5.41) is 11.4. The van der Waals surface area contributed by atoms with E-state index in [1.54, 1.807) is 21.6 Å². The molecule has 2 heterocycles. The van der Waals surface area contributed by atoms with Crippen LogP contribution in [0, 0.1) is 16.0 Å². The molecule has 0 spiro atoms. The number of piperazine rings is 1. The molecule has 0 N–H and O–H groups in total. The second kappa shape index (κ2) is 9.61. The molecule has 2 saturated heterocycles. The minimum atomic E-state index is -4.67. The highest BCUT2D eigenvalue weighted by atomic mass is 19.4. The number of amides is 2. The average Bonchev–Trinajstić information content (AvgIpc) is 2.78. The normalized spacial score (nSPS) is 17.9. The monoisotopic (exact) mass is 458 g/mol. The molecular formula is C20H25F3N4O5. The van der Waals surface area contributed by atoms with Gasteiger partial charge in [-0.05, 0) is 31.9 Å². The number of carbonyl (C=O) groups excluding carboxylic acids is 2. The van der Waals surface area contributed by atoms with Gasteiger partial charge in [0.2, 0.25) is 5.91 Å². The number of carbonyl (C=O) groups is 2.